The Kier molecular flexibility index (Phi) is 4.56. The van der Waals surface area contributed by atoms with E-state index in [-0.39, 0.29) is 6.10 Å². The molecule has 0 saturated carbocycles. The molecule has 2 atom stereocenters. The standard InChI is InChI=1S/C21H20O2S/c1-15(22-13-19-14-23-19)16-6-9-20(10-7-16)24-21-11-8-17-4-2-3-5-18(17)12-21/h2-12,15,19H,13-14H2,1H3. The van der Waals surface area contributed by atoms with Crippen molar-refractivity contribution in [2.45, 2.75) is 28.9 Å². The number of hydrogen-bond acceptors (Lipinski definition) is 3. The zero-order valence-electron chi connectivity index (χ0n) is 13.6. The number of ether oxygens (including phenoxy) is 2. The van der Waals surface area contributed by atoms with Gasteiger partial charge in [-0.05, 0) is 47.5 Å². The Morgan fingerprint density at radius 2 is 1.71 bits per heavy atom. The summed E-state index contributed by atoms with van der Waals surface area (Å²) in [5.41, 5.74) is 1.21. The molecule has 1 aliphatic rings. The Labute approximate surface area is 146 Å². The van der Waals surface area contributed by atoms with Gasteiger partial charge < -0.3 is 9.47 Å². The van der Waals surface area contributed by atoms with Crippen molar-refractivity contribution in [3.63, 3.8) is 0 Å². The summed E-state index contributed by atoms with van der Waals surface area (Å²) < 4.78 is 11.0. The predicted octanol–water partition coefficient (Wildman–Crippen LogP) is 5.47. The minimum absolute atomic E-state index is 0.105. The molecule has 0 N–H and O–H groups in total. The fourth-order valence-electron chi connectivity index (χ4n) is 2.69. The zero-order chi connectivity index (χ0) is 16.4. The summed E-state index contributed by atoms with van der Waals surface area (Å²) >= 11 is 1.79. The maximum absolute atomic E-state index is 5.83. The van der Waals surface area contributed by atoms with Gasteiger partial charge in [-0.25, -0.2) is 0 Å². The lowest BCUT2D eigenvalue weighted by Gasteiger charge is -2.13. The van der Waals surface area contributed by atoms with Crippen molar-refractivity contribution in [2.24, 2.45) is 0 Å². The Hall–Kier alpha value is -1.81. The van der Waals surface area contributed by atoms with E-state index in [1.165, 1.54) is 26.1 Å². The van der Waals surface area contributed by atoms with Gasteiger partial charge in [-0.2, -0.15) is 0 Å². The monoisotopic (exact) mass is 336 g/mol. The molecule has 1 aliphatic heterocycles. The highest BCUT2D eigenvalue weighted by atomic mass is 32.2. The summed E-state index contributed by atoms with van der Waals surface area (Å²) in [6.45, 7) is 3.62. The molecule has 24 heavy (non-hydrogen) atoms. The molecule has 1 fully saturated rings. The lowest BCUT2D eigenvalue weighted by atomic mass is 10.1. The van der Waals surface area contributed by atoms with E-state index >= 15 is 0 Å². The number of epoxide rings is 1. The van der Waals surface area contributed by atoms with E-state index in [1.807, 2.05) is 0 Å². The van der Waals surface area contributed by atoms with Gasteiger partial charge in [0, 0.05) is 9.79 Å². The quantitative estimate of drug-likeness (QED) is 0.557. The Morgan fingerprint density at radius 3 is 2.46 bits per heavy atom. The molecule has 0 aliphatic carbocycles. The molecule has 3 heteroatoms. The van der Waals surface area contributed by atoms with Gasteiger partial charge in [0.05, 0.1) is 19.3 Å². The highest BCUT2D eigenvalue weighted by Gasteiger charge is 2.23. The Bertz CT molecular complexity index is 825. The minimum atomic E-state index is 0.105. The summed E-state index contributed by atoms with van der Waals surface area (Å²) in [5.74, 6) is 0. The number of benzene rings is 3. The van der Waals surface area contributed by atoms with E-state index in [2.05, 4.69) is 73.7 Å². The summed E-state index contributed by atoms with van der Waals surface area (Å²) in [4.78, 5) is 2.50. The van der Waals surface area contributed by atoms with Crippen molar-refractivity contribution in [3.05, 3.63) is 72.3 Å². The molecular weight excluding hydrogens is 316 g/mol. The topological polar surface area (TPSA) is 21.8 Å². The molecule has 1 heterocycles. The summed E-state index contributed by atoms with van der Waals surface area (Å²) in [5, 5.41) is 2.56. The third kappa shape index (κ3) is 3.81. The first-order valence-corrected chi connectivity index (χ1v) is 9.09. The Morgan fingerprint density at radius 1 is 1.00 bits per heavy atom. The van der Waals surface area contributed by atoms with Crippen molar-refractivity contribution in [3.8, 4) is 0 Å². The van der Waals surface area contributed by atoms with E-state index in [9.17, 15) is 0 Å². The van der Waals surface area contributed by atoms with Crippen molar-refractivity contribution in [2.75, 3.05) is 13.2 Å². The Balaban J connectivity index is 1.43. The van der Waals surface area contributed by atoms with Gasteiger partial charge in [0.25, 0.3) is 0 Å². The molecule has 0 aromatic heterocycles. The third-order valence-corrected chi connectivity index (χ3v) is 5.24. The molecule has 2 unspecified atom stereocenters. The first kappa shape index (κ1) is 15.7. The van der Waals surface area contributed by atoms with Crippen LogP contribution in [0.5, 0.6) is 0 Å². The molecule has 4 rings (SSSR count). The molecule has 0 spiro atoms. The average molecular weight is 336 g/mol. The van der Waals surface area contributed by atoms with Crippen LogP contribution in [0.4, 0.5) is 0 Å². The number of rotatable bonds is 6. The molecule has 0 amide bonds. The highest BCUT2D eigenvalue weighted by molar-refractivity contribution is 7.99. The van der Waals surface area contributed by atoms with Gasteiger partial charge >= 0.3 is 0 Å². The van der Waals surface area contributed by atoms with Gasteiger partial charge in [0.1, 0.15) is 6.10 Å². The van der Waals surface area contributed by atoms with E-state index in [4.69, 9.17) is 9.47 Å². The van der Waals surface area contributed by atoms with Crippen LogP contribution in [0.3, 0.4) is 0 Å². The molecule has 3 aromatic carbocycles. The molecule has 1 saturated heterocycles. The van der Waals surface area contributed by atoms with Crippen LogP contribution in [0.1, 0.15) is 18.6 Å². The normalized spacial score (nSPS) is 17.8. The van der Waals surface area contributed by atoms with Crippen LogP contribution in [0, 0.1) is 0 Å². The maximum atomic E-state index is 5.83. The number of fused-ring (bicyclic) bond motifs is 1. The predicted molar refractivity (Wildman–Crippen MR) is 98.6 cm³/mol. The summed E-state index contributed by atoms with van der Waals surface area (Å²) in [6.07, 6.45) is 0.420. The van der Waals surface area contributed by atoms with Gasteiger partial charge in [-0.15, -0.1) is 0 Å². The van der Waals surface area contributed by atoms with Crippen LogP contribution in [0.2, 0.25) is 0 Å². The van der Waals surface area contributed by atoms with E-state index in [0.29, 0.717) is 12.7 Å². The average Bonchev–Trinajstić information content (AvgIpc) is 3.45. The third-order valence-electron chi connectivity index (χ3n) is 4.24. The molecule has 2 nitrogen and oxygen atoms in total. The van der Waals surface area contributed by atoms with Crippen molar-refractivity contribution in [1.29, 1.82) is 0 Å². The van der Waals surface area contributed by atoms with Crippen molar-refractivity contribution >= 4 is 22.5 Å². The van der Waals surface area contributed by atoms with Gasteiger partial charge in [0.2, 0.25) is 0 Å². The largest absolute Gasteiger partial charge is 0.371 e. The van der Waals surface area contributed by atoms with Crippen molar-refractivity contribution < 1.29 is 9.47 Å². The first-order valence-electron chi connectivity index (χ1n) is 8.28. The lowest BCUT2D eigenvalue weighted by Crippen LogP contribution is -2.05. The zero-order valence-corrected chi connectivity index (χ0v) is 14.5. The van der Waals surface area contributed by atoms with E-state index in [1.54, 1.807) is 11.8 Å². The molecule has 0 bridgehead atoms. The second-order valence-corrected chi connectivity index (χ2v) is 7.26. The minimum Gasteiger partial charge on any atom is -0.371 e. The first-order chi connectivity index (χ1) is 11.8. The maximum Gasteiger partial charge on any atom is 0.104 e. The van der Waals surface area contributed by atoms with Crippen LogP contribution in [-0.2, 0) is 9.47 Å². The second kappa shape index (κ2) is 6.98. The SMILES string of the molecule is CC(OCC1CO1)c1ccc(Sc2ccc3ccccc3c2)cc1. The van der Waals surface area contributed by atoms with Crippen LogP contribution in [-0.4, -0.2) is 19.3 Å². The highest BCUT2D eigenvalue weighted by Crippen LogP contribution is 2.31. The van der Waals surface area contributed by atoms with E-state index in [0.717, 1.165) is 6.61 Å². The van der Waals surface area contributed by atoms with Gasteiger partial charge in [0.15, 0.2) is 0 Å². The fraction of sp³-hybridized carbons (Fsp3) is 0.238. The van der Waals surface area contributed by atoms with Crippen LogP contribution in [0.15, 0.2) is 76.5 Å². The smallest absolute Gasteiger partial charge is 0.104 e. The summed E-state index contributed by atoms with van der Waals surface area (Å²) in [6, 6.07) is 23.7. The second-order valence-electron chi connectivity index (χ2n) is 6.11. The molecule has 3 aromatic rings. The van der Waals surface area contributed by atoms with E-state index < -0.39 is 0 Å². The number of hydrogen-bond donors (Lipinski definition) is 0. The van der Waals surface area contributed by atoms with Crippen LogP contribution < -0.4 is 0 Å². The van der Waals surface area contributed by atoms with Crippen LogP contribution in [0.25, 0.3) is 10.8 Å². The molecule has 0 radical (unpaired) electrons. The summed E-state index contributed by atoms with van der Waals surface area (Å²) in [7, 11) is 0. The molecular formula is C21H20O2S. The van der Waals surface area contributed by atoms with Gasteiger partial charge in [-0.3, -0.25) is 0 Å². The van der Waals surface area contributed by atoms with Crippen molar-refractivity contribution in [1.82, 2.24) is 0 Å². The van der Waals surface area contributed by atoms with Crippen LogP contribution >= 0.6 is 11.8 Å². The molecule has 122 valence electrons. The van der Waals surface area contributed by atoms with Gasteiger partial charge in [-0.1, -0.05) is 54.2 Å². The lowest BCUT2D eigenvalue weighted by molar-refractivity contribution is 0.0539. The fourth-order valence-corrected chi connectivity index (χ4v) is 3.55.